The SMILES string of the molecule is O=C(NNC(=S)Nc1cccc(Cl)c1)c1ccc(COc2ccc3ccccc3c2)o1. The number of carbonyl (C=O) groups is 1. The molecule has 0 fully saturated rings. The van der Waals surface area contributed by atoms with Crippen LogP contribution < -0.4 is 20.9 Å². The number of furan rings is 1. The molecular formula is C23H18ClN3O3S. The smallest absolute Gasteiger partial charge is 0.305 e. The number of hydrogen-bond acceptors (Lipinski definition) is 4. The van der Waals surface area contributed by atoms with E-state index in [2.05, 4.69) is 16.2 Å². The standard InChI is InChI=1S/C23H18ClN3O3S/c24-17-6-3-7-18(13-17)25-23(31)27-26-22(28)21-11-10-20(30-21)14-29-19-9-8-15-4-1-2-5-16(15)12-19/h1-13H,14H2,(H,26,28)(H2,25,27,31). The molecule has 8 heteroatoms. The lowest BCUT2D eigenvalue weighted by Crippen LogP contribution is -2.43. The molecule has 6 nitrogen and oxygen atoms in total. The van der Waals surface area contributed by atoms with E-state index in [0.29, 0.717) is 16.5 Å². The van der Waals surface area contributed by atoms with Gasteiger partial charge in [0.05, 0.1) is 0 Å². The Hall–Kier alpha value is -3.55. The van der Waals surface area contributed by atoms with E-state index in [0.717, 1.165) is 16.5 Å². The Bertz CT molecular complexity index is 1240. The molecule has 0 saturated carbocycles. The quantitative estimate of drug-likeness (QED) is 0.282. The molecule has 4 rings (SSSR count). The van der Waals surface area contributed by atoms with Crippen molar-refractivity contribution in [3.63, 3.8) is 0 Å². The van der Waals surface area contributed by atoms with Gasteiger partial charge in [0.15, 0.2) is 10.9 Å². The highest BCUT2D eigenvalue weighted by molar-refractivity contribution is 7.80. The van der Waals surface area contributed by atoms with Crippen LogP contribution in [0, 0.1) is 0 Å². The summed E-state index contributed by atoms with van der Waals surface area (Å²) in [6.45, 7) is 0.202. The van der Waals surface area contributed by atoms with E-state index in [9.17, 15) is 4.79 Å². The van der Waals surface area contributed by atoms with Crippen molar-refractivity contribution in [1.29, 1.82) is 0 Å². The second kappa shape index (κ2) is 9.51. The van der Waals surface area contributed by atoms with Crippen molar-refractivity contribution in [2.24, 2.45) is 0 Å². The van der Waals surface area contributed by atoms with Gasteiger partial charge < -0.3 is 14.5 Å². The van der Waals surface area contributed by atoms with Crippen molar-refractivity contribution in [3.8, 4) is 5.75 Å². The molecule has 4 aromatic rings. The van der Waals surface area contributed by atoms with E-state index >= 15 is 0 Å². The fraction of sp³-hybridized carbons (Fsp3) is 0.0435. The first kappa shape index (κ1) is 20.7. The molecule has 0 spiro atoms. The first-order valence-corrected chi connectivity index (χ1v) is 10.2. The van der Waals surface area contributed by atoms with Crippen molar-refractivity contribution in [2.75, 3.05) is 5.32 Å². The molecule has 0 bridgehead atoms. The highest BCUT2D eigenvalue weighted by atomic mass is 35.5. The topological polar surface area (TPSA) is 75.5 Å². The summed E-state index contributed by atoms with van der Waals surface area (Å²) in [6, 6.07) is 24.2. The fourth-order valence-corrected chi connectivity index (χ4v) is 3.25. The predicted molar refractivity (Wildman–Crippen MR) is 125 cm³/mol. The van der Waals surface area contributed by atoms with Crippen molar-refractivity contribution in [1.82, 2.24) is 10.9 Å². The molecule has 0 unspecified atom stereocenters. The van der Waals surface area contributed by atoms with Crippen LogP contribution in [0.1, 0.15) is 16.3 Å². The van der Waals surface area contributed by atoms with Crippen LogP contribution >= 0.6 is 23.8 Å². The van der Waals surface area contributed by atoms with Gasteiger partial charge in [-0.25, -0.2) is 0 Å². The van der Waals surface area contributed by atoms with Gasteiger partial charge in [0.2, 0.25) is 0 Å². The number of amides is 1. The number of rotatable bonds is 5. The molecule has 1 aromatic heterocycles. The molecule has 156 valence electrons. The maximum atomic E-state index is 12.3. The minimum absolute atomic E-state index is 0.134. The van der Waals surface area contributed by atoms with Crippen molar-refractivity contribution in [3.05, 3.63) is 95.4 Å². The predicted octanol–water partition coefficient (Wildman–Crippen LogP) is 5.30. The number of halogens is 1. The maximum absolute atomic E-state index is 12.3. The molecule has 0 saturated heterocycles. The minimum Gasteiger partial charge on any atom is -0.486 e. The zero-order valence-electron chi connectivity index (χ0n) is 16.2. The molecule has 1 heterocycles. The summed E-state index contributed by atoms with van der Waals surface area (Å²) in [5, 5.41) is 5.93. The Morgan fingerprint density at radius 3 is 2.61 bits per heavy atom. The van der Waals surface area contributed by atoms with Gasteiger partial charge in [0, 0.05) is 10.7 Å². The summed E-state index contributed by atoms with van der Waals surface area (Å²) >= 11 is 11.1. The number of ether oxygens (including phenoxy) is 1. The number of anilines is 1. The van der Waals surface area contributed by atoms with E-state index < -0.39 is 5.91 Å². The molecule has 1 amide bonds. The van der Waals surface area contributed by atoms with Crippen LogP contribution in [0.3, 0.4) is 0 Å². The number of thiocarbonyl (C=S) groups is 1. The summed E-state index contributed by atoms with van der Waals surface area (Å²) in [5.74, 6) is 0.917. The van der Waals surface area contributed by atoms with Gasteiger partial charge in [0.1, 0.15) is 18.1 Å². The van der Waals surface area contributed by atoms with Gasteiger partial charge in [0.25, 0.3) is 0 Å². The summed E-state index contributed by atoms with van der Waals surface area (Å²) in [7, 11) is 0. The van der Waals surface area contributed by atoms with Gasteiger partial charge in [-0.3, -0.25) is 15.6 Å². The third-order valence-electron chi connectivity index (χ3n) is 4.36. The number of carbonyl (C=O) groups excluding carboxylic acids is 1. The molecule has 31 heavy (non-hydrogen) atoms. The molecular weight excluding hydrogens is 434 g/mol. The number of hydrazine groups is 1. The van der Waals surface area contributed by atoms with Crippen LogP contribution in [-0.2, 0) is 6.61 Å². The average Bonchev–Trinajstić information content (AvgIpc) is 3.25. The first-order chi connectivity index (χ1) is 15.1. The highest BCUT2D eigenvalue weighted by Crippen LogP contribution is 2.22. The Labute approximate surface area is 189 Å². The number of hydrogen-bond donors (Lipinski definition) is 3. The summed E-state index contributed by atoms with van der Waals surface area (Å²) < 4.78 is 11.3. The lowest BCUT2D eigenvalue weighted by Gasteiger charge is -2.11. The van der Waals surface area contributed by atoms with Gasteiger partial charge >= 0.3 is 5.91 Å². The van der Waals surface area contributed by atoms with E-state index in [1.54, 1.807) is 36.4 Å². The molecule has 3 N–H and O–H groups in total. The number of nitrogens with one attached hydrogen (secondary N) is 3. The maximum Gasteiger partial charge on any atom is 0.305 e. The lowest BCUT2D eigenvalue weighted by molar-refractivity contribution is 0.0912. The highest BCUT2D eigenvalue weighted by Gasteiger charge is 2.12. The van der Waals surface area contributed by atoms with Gasteiger partial charge in [-0.05, 0) is 65.5 Å². The monoisotopic (exact) mass is 451 g/mol. The average molecular weight is 452 g/mol. The van der Waals surface area contributed by atoms with E-state index in [-0.39, 0.29) is 17.5 Å². The molecule has 3 aromatic carbocycles. The van der Waals surface area contributed by atoms with Crippen LogP contribution in [0.5, 0.6) is 5.75 Å². The number of fused-ring (bicyclic) bond motifs is 1. The van der Waals surface area contributed by atoms with Crippen LogP contribution in [0.15, 0.2) is 83.3 Å². The van der Waals surface area contributed by atoms with Crippen molar-refractivity contribution in [2.45, 2.75) is 6.61 Å². The molecule has 0 atom stereocenters. The van der Waals surface area contributed by atoms with Gasteiger partial charge in [-0.15, -0.1) is 0 Å². The molecule has 0 radical (unpaired) electrons. The third-order valence-corrected chi connectivity index (χ3v) is 4.80. The molecule has 0 aliphatic heterocycles. The fourth-order valence-electron chi connectivity index (χ4n) is 2.89. The second-order valence-corrected chi connectivity index (χ2v) is 7.45. The second-order valence-electron chi connectivity index (χ2n) is 6.61. The third kappa shape index (κ3) is 5.53. The summed E-state index contributed by atoms with van der Waals surface area (Å²) in [4.78, 5) is 12.3. The van der Waals surface area contributed by atoms with E-state index in [1.807, 2.05) is 42.5 Å². The van der Waals surface area contributed by atoms with Crippen LogP contribution in [0.25, 0.3) is 10.8 Å². The van der Waals surface area contributed by atoms with Crippen LogP contribution in [0.2, 0.25) is 5.02 Å². The van der Waals surface area contributed by atoms with Gasteiger partial charge in [-0.1, -0.05) is 48.0 Å². The Balaban J connectivity index is 1.28. The largest absolute Gasteiger partial charge is 0.486 e. The molecule has 0 aliphatic rings. The summed E-state index contributed by atoms with van der Waals surface area (Å²) in [5.41, 5.74) is 5.80. The summed E-state index contributed by atoms with van der Waals surface area (Å²) in [6.07, 6.45) is 0. The van der Waals surface area contributed by atoms with E-state index in [4.69, 9.17) is 33.0 Å². The Kier molecular flexibility index (Phi) is 6.35. The Morgan fingerprint density at radius 1 is 0.935 bits per heavy atom. The minimum atomic E-state index is -0.466. The zero-order chi connectivity index (χ0) is 21.6. The Morgan fingerprint density at radius 2 is 1.77 bits per heavy atom. The van der Waals surface area contributed by atoms with Crippen molar-refractivity contribution >= 4 is 51.3 Å². The zero-order valence-corrected chi connectivity index (χ0v) is 17.8. The van der Waals surface area contributed by atoms with E-state index in [1.165, 1.54) is 0 Å². The first-order valence-electron chi connectivity index (χ1n) is 9.40. The normalized spacial score (nSPS) is 10.5. The van der Waals surface area contributed by atoms with Crippen molar-refractivity contribution < 1.29 is 13.9 Å². The number of benzene rings is 3. The van der Waals surface area contributed by atoms with Crippen LogP contribution in [-0.4, -0.2) is 11.0 Å². The van der Waals surface area contributed by atoms with Gasteiger partial charge in [-0.2, -0.15) is 0 Å². The lowest BCUT2D eigenvalue weighted by atomic mass is 10.1. The molecule has 0 aliphatic carbocycles. The van der Waals surface area contributed by atoms with Crippen LogP contribution in [0.4, 0.5) is 5.69 Å².